The normalized spacial score (nSPS) is 18.1. The third kappa shape index (κ3) is 11.5. The molecule has 36 heavy (non-hydrogen) atoms. The molecule has 2 N–H and O–H groups in total. The molecule has 0 radical (unpaired) electrons. The second-order valence-electron chi connectivity index (χ2n) is 8.46. The Bertz CT molecular complexity index is 954. The van der Waals surface area contributed by atoms with E-state index in [1.807, 2.05) is 51.2 Å². The molecule has 2 atom stereocenters. The highest BCUT2D eigenvalue weighted by molar-refractivity contribution is 6.01. The van der Waals surface area contributed by atoms with Crippen LogP contribution in [0.25, 0.3) is 0 Å². The second-order valence-corrected chi connectivity index (χ2v) is 8.46. The van der Waals surface area contributed by atoms with Gasteiger partial charge in [-0.15, -0.1) is 6.42 Å². The lowest BCUT2D eigenvalue weighted by Gasteiger charge is -2.19. The van der Waals surface area contributed by atoms with Crippen LogP contribution in [0.5, 0.6) is 0 Å². The first-order valence-electron chi connectivity index (χ1n) is 13.1. The number of rotatable bonds is 12. The fourth-order valence-corrected chi connectivity index (χ4v) is 3.71. The van der Waals surface area contributed by atoms with Gasteiger partial charge < -0.3 is 15.3 Å². The molecule has 6 heteroatoms. The number of anilines is 1. The predicted octanol–water partition coefficient (Wildman–Crippen LogP) is 6.75. The summed E-state index contributed by atoms with van der Waals surface area (Å²) in [7, 11) is 0. The van der Waals surface area contributed by atoms with E-state index in [0.717, 1.165) is 49.1 Å². The van der Waals surface area contributed by atoms with Crippen LogP contribution < -0.4 is 5.32 Å². The summed E-state index contributed by atoms with van der Waals surface area (Å²) >= 11 is 0. The number of hydrogen-bond acceptors (Lipinski definition) is 6. The van der Waals surface area contributed by atoms with E-state index in [0.29, 0.717) is 43.1 Å². The molecule has 1 aliphatic carbocycles. The molecule has 6 nitrogen and oxygen atoms in total. The third-order valence-electron chi connectivity index (χ3n) is 5.82. The van der Waals surface area contributed by atoms with E-state index < -0.39 is 0 Å². The first-order valence-corrected chi connectivity index (χ1v) is 13.1. The molecular formula is C30H44N4O2. The Morgan fingerprint density at radius 3 is 2.83 bits per heavy atom. The Balaban J connectivity index is 0.00000316. The molecule has 2 rings (SSSR count). The highest BCUT2D eigenvalue weighted by Crippen LogP contribution is 2.30. The monoisotopic (exact) mass is 492 g/mol. The van der Waals surface area contributed by atoms with E-state index in [1.54, 1.807) is 6.20 Å². The molecule has 196 valence electrons. The Kier molecular flexibility index (Phi) is 16.3. The fourth-order valence-electron chi connectivity index (χ4n) is 3.71. The maximum atomic E-state index is 9.66. The average molecular weight is 493 g/mol. The molecule has 0 aromatic carbocycles. The lowest BCUT2D eigenvalue weighted by molar-refractivity contribution is 0.162. The number of fused-ring (bicyclic) bond motifs is 1. The Morgan fingerprint density at radius 1 is 1.33 bits per heavy atom. The van der Waals surface area contributed by atoms with Crippen molar-refractivity contribution in [3.63, 3.8) is 0 Å². The Morgan fingerprint density at radius 2 is 2.11 bits per heavy atom. The molecule has 0 fully saturated rings. The van der Waals surface area contributed by atoms with Gasteiger partial charge in [-0.3, -0.25) is 0 Å². The van der Waals surface area contributed by atoms with E-state index in [4.69, 9.17) is 16.1 Å². The van der Waals surface area contributed by atoms with Gasteiger partial charge in [0.15, 0.2) is 0 Å². The number of hydrogen-bond donors (Lipinski definition) is 2. The van der Waals surface area contributed by atoms with E-state index >= 15 is 0 Å². The number of allylic oxidation sites excluding steroid dienone is 7. The summed E-state index contributed by atoms with van der Waals surface area (Å²) < 4.78 is 5.61. The molecule has 1 aromatic heterocycles. The van der Waals surface area contributed by atoms with Crippen molar-refractivity contribution in [2.75, 3.05) is 25.1 Å². The molecule has 1 heterocycles. The first kappa shape index (κ1) is 30.9. The standard InChI is InChI=1S/C28H38N4O2.C2H6/c1-5-7-8-9-10-18-34-19-12-17-29-28-30-21-25-26(31-28)16-15-24(20-27(25)32-33)23(4)14-11-13-22(3)6-2;1-2/h2,7-11,13-14,21,23-24,33H,5,12,15-20H2,1,3-4H3,(H,29,30,31);1-2H3/b8-7-,10-9-,14-11?,22-13-,32-27+;. The highest BCUT2D eigenvalue weighted by Gasteiger charge is 2.26. The van der Waals surface area contributed by atoms with Crippen molar-refractivity contribution in [2.45, 2.75) is 66.7 Å². The zero-order chi connectivity index (χ0) is 26.6. The van der Waals surface area contributed by atoms with Crippen molar-refractivity contribution < 1.29 is 9.94 Å². The summed E-state index contributed by atoms with van der Waals surface area (Å²) in [6.07, 6.45) is 25.8. The van der Waals surface area contributed by atoms with Gasteiger partial charge in [-0.2, -0.15) is 0 Å². The van der Waals surface area contributed by atoms with Gasteiger partial charge in [0.1, 0.15) is 0 Å². The van der Waals surface area contributed by atoms with Crippen LogP contribution in [-0.2, 0) is 11.2 Å². The van der Waals surface area contributed by atoms with Gasteiger partial charge in [-0.1, -0.05) is 81.3 Å². The van der Waals surface area contributed by atoms with Crippen LogP contribution in [0.1, 0.15) is 71.6 Å². The van der Waals surface area contributed by atoms with E-state index in [9.17, 15) is 5.21 Å². The van der Waals surface area contributed by atoms with Gasteiger partial charge >= 0.3 is 0 Å². The van der Waals surface area contributed by atoms with Crippen molar-refractivity contribution in [3.05, 3.63) is 65.6 Å². The molecule has 0 aliphatic heterocycles. The minimum absolute atomic E-state index is 0.316. The summed E-state index contributed by atoms with van der Waals surface area (Å²) in [5.74, 6) is 3.88. The highest BCUT2D eigenvalue weighted by atomic mass is 16.5. The zero-order valence-corrected chi connectivity index (χ0v) is 22.7. The van der Waals surface area contributed by atoms with Crippen LogP contribution in [0, 0.1) is 24.2 Å². The number of nitrogens with one attached hydrogen (secondary N) is 1. The number of aryl methyl sites for hydroxylation is 1. The van der Waals surface area contributed by atoms with Gasteiger partial charge in [-0.05, 0) is 56.4 Å². The van der Waals surface area contributed by atoms with Gasteiger partial charge in [0, 0.05) is 24.9 Å². The van der Waals surface area contributed by atoms with Crippen LogP contribution in [0.4, 0.5) is 5.95 Å². The third-order valence-corrected chi connectivity index (χ3v) is 5.82. The smallest absolute Gasteiger partial charge is 0.222 e. The van der Waals surface area contributed by atoms with Gasteiger partial charge in [-0.25, -0.2) is 9.97 Å². The summed E-state index contributed by atoms with van der Waals surface area (Å²) in [6, 6.07) is 0. The van der Waals surface area contributed by atoms with Crippen LogP contribution in [0.3, 0.4) is 0 Å². The van der Waals surface area contributed by atoms with Gasteiger partial charge in [0.2, 0.25) is 5.95 Å². The number of ether oxygens (including phenoxy) is 1. The minimum Gasteiger partial charge on any atom is -0.411 e. The van der Waals surface area contributed by atoms with Crippen LogP contribution in [0.15, 0.2) is 59.5 Å². The molecule has 0 saturated heterocycles. The number of terminal acetylenes is 1. The molecule has 1 aliphatic rings. The molecule has 0 bridgehead atoms. The maximum Gasteiger partial charge on any atom is 0.222 e. The molecule has 0 saturated carbocycles. The van der Waals surface area contributed by atoms with Gasteiger partial charge in [0.05, 0.1) is 18.0 Å². The fraction of sp³-hybridized carbons (Fsp3) is 0.500. The predicted molar refractivity (Wildman–Crippen MR) is 152 cm³/mol. The number of aromatic nitrogens is 2. The molecule has 0 amide bonds. The molecule has 0 spiro atoms. The molecular weight excluding hydrogens is 448 g/mol. The van der Waals surface area contributed by atoms with Crippen LogP contribution in [-0.4, -0.2) is 40.6 Å². The zero-order valence-electron chi connectivity index (χ0n) is 22.7. The van der Waals surface area contributed by atoms with Crippen molar-refractivity contribution in [1.29, 1.82) is 0 Å². The molecule has 2 unspecified atom stereocenters. The summed E-state index contributed by atoms with van der Waals surface area (Å²) in [6.45, 7) is 12.2. The van der Waals surface area contributed by atoms with Gasteiger partial charge in [0.25, 0.3) is 0 Å². The van der Waals surface area contributed by atoms with E-state index in [1.165, 1.54) is 0 Å². The Hall–Kier alpha value is -3.17. The summed E-state index contributed by atoms with van der Waals surface area (Å²) in [4.78, 5) is 9.16. The average Bonchev–Trinajstić information content (AvgIpc) is 3.10. The molecule has 1 aromatic rings. The maximum absolute atomic E-state index is 9.66. The number of nitrogens with zero attached hydrogens (tertiary/aromatic N) is 3. The number of oxime groups is 1. The van der Waals surface area contributed by atoms with Crippen LogP contribution in [0.2, 0.25) is 0 Å². The largest absolute Gasteiger partial charge is 0.411 e. The van der Waals surface area contributed by atoms with Crippen molar-refractivity contribution in [1.82, 2.24) is 9.97 Å². The summed E-state index contributed by atoms with van der Waals surface area (Å²) in [5.41, 5.74) is 3.30. The lowest BCUT2D eigenvalue weighted by Crippen LogP contribution is -2.14. The van der Waals surface area contributed by atoms with Crippen LogP contribution >= 0.6 is 0 Å². The Labute approximate surface area is 218 Å². The van der Waals surface area contributed by atoms with Crippen molar-refractivity contribution >= 4 is 11.7 Å². The summed E-state index contributed by atoms with van der Waals surface area (Å²) in [5, 5.41) is 16.5. The quantitative estimate of drug-likeness (QED) is 0.0843. The minimum atomic E-state index is 0.316. The van der Waals surface area contributed by atoms with Crippen molar-refractivity contribution in [2.24, 2.45) is 17.0 Å². The first-order chi connectivity index (χ1) is 17.6. The van der Waals surface area contributed by atoms with Crippen molar-refractivity contribution in [3.8, 4) is 12.3 Å². The second kappa shape index (κ2) is 19.1. The topological polar surface area (TPSA) is 79.6 Å². The lowest BCUT2D eigenvalue weighted by atomic mass is 9.86. The SMILES string of the molecule is C#C/C(C)=C\C=CC(C)C1CCc2nc(NCCCOC/C=C\C=C/CC)ncc2/C(=N/O)C1.CC. The van der Waals surface area contributed by atoms with E-state index in [-0.39, 0.29) is 0 Å². The van der Waals surface area contributed by atoms with E-state index in [2.05, 4.69) is 47.4 Å².